The van der Waals surface area contributed by atoms with Crippen molar-refractivity contribution in [1.29, 1.82) is 0 Å². The third-order valence-corrected chi connectivity index (χ3v) is 2.32. The van der Waals surface area contributed by atoms with Crippen LogP contribution >= 0.6 is 0 Å². The monoisotopic (exact) mass is 269 g/mol. The van der Waals surface area contributed by atoms with Crippen LogP contribution in [0.25, 0.3) is 0 Å². The fourth-order valence-corrected chi connectivity index (χ4v) is 1.51. The Morgan fingerprint density at radius 1 is 1.42 bits per heavy atom. The number of rotatable bonds is 6. The maximum Gasteiger partial charge on any atom is 0.332 e. The molecule has 8 heteroatoms. The van der Waals surface area contributed by atoms with Crippen LogP contribution in [-0.2, 0) is 20.8 Å². The van der Waals surface area contributed by atoms with Crippen LogP contribution in [0.3, 0.4) is 0 Å². The molecule has 0 saturated heterocycles. The van der Waals surface area contributed by atoms with Crippen LogP contribution in [-0.4, -0.2) is 33.6 Å². The first kappa shape index (κ1) is 14.8. The summed E-state index contributed by atoms with van der Waals surface area (Å²) in [6, 6.07) is 0. The van der Waals surface area contributed by atoms with Gasteiger partial charge < -0.3 is 10.1 Å². The summed E-state index contributed by atoms with van der Waals surface area (Å²) in [7, 11) is 0. The van der Waals surface area contributed by atoms with Gasteiger partial charge in [0.2, 0.25) is 5.91 Å². The lowest BCUT2D eigenvalue weighted by Crippen LogP contribution is -2.28. The average molecular weight is 269 g/mol. The Hall–Kier alpha value is -2.22. The zero-order valence-electron chi connectivity index (χ0n) is 10.6. The third kappa shape index (κ3) is 4.88. The molecule has 1 aromatic heterocycles. The summed E-state index contributed by atoms with van der Waals surface area (Å²) in [5.41, 5.74) is 2.71. The number of hydroxylamine groups is 1. The van der Waals surface area contributed by atoms with Crippen molar-refractivity contribution in [3.05, 3.63) is 27.4 Å². The molecule has 0 saturated carbocycles. The van der Waals surface area contributed by atoms with E-state index in [-0.39, 0.29) is 18.4 Å². The van der Waals surface area contributed by atoms with Crippen molar-refractivity contribution in [3.63, 3.8) is 0 Å². The number of carbonyl (C=O) groups excluding carboxylic acids is 1. The highest BCUT2D eigenvalue weighted by Crippen LogP contribution is 2.02. The second kappa shape index (κ2) is 6.64. The van der Waals surface area contributed by atoms with E-state index in [9.17, 15) is 14.4 Å². The number of nitrogens with zero attached hydrogens (tertiary/aromatic N) is 1. The minimum atomic E-state index is -1.18. The summed E-state index contributed by atoms with van der Waals surface area (Å²) >= 11 is 0. The number of aryl methyl sites for hydroxylation is 2. The summed E-state index contributed by atoms with van der Waals surface area (Å²) in [6.07, 6.45) is 0.213. The maximum absolute atomic E-state index is 11.6. The van der Waals surface area contributed by atoms with Crippen molar-refractivity contribution in [1.82, 2.24) is 15.4 Å². The molecule has 0 radical (unpaired) electrons. The van der Waals surface area contributed by atoms with Crippen LogP contribution in [0.4, 0.5) is 0 Å². The van der Waals surface area contributed by atoms with Gasteiger partial charge in [0.25, 0.3) is 5.56 Å². The molecule has 1 rings (SSSR count). The van der Waals surface area contributed by atoms with E-state index in [1.165, 1.54) is 0 Å². The molecule has 8 nitrogen and oxygen atoms in total. The van der Waals surface area contributed by atoms with E-state index in [2.05, 4.69) is 14.8 Å². The topological polar surface area (TPSA) is 121 Å². The highest BCUT2D eigenvalue weighted by Gasteiger charge is 2.10. The summed E-state index contributed by atoms with van der Waals surface area (Å²) in [5.74, 6) is -1.17. The first-order valence-electron chi connectivity index (χ1n) is 5.59. The minimum absolute atomic E-state index is 0.00821. The molecule has 0 spiro atoms. The minimum Gasteiger partial charge on any atom is -0.479 e. The Morgan fingerprint density at radius 3 is 2.68 bits per heavy atom. The molecule has 104 valence electrons. The summed E-state index contributed by atoms with van der Waals surface area (Å²) in [6.45, 7) is 2.75. The molecule has 0 aliphatic rings. The van der Waals surface area contributed by atoms with E-state index in [0.29, 0.717) is 17.1 Å². The van der Waals surface area contributed by atoms with Gasteiger partial charge in [-0.1, -0.05) is 0 Å². The number of carboxylic acid groups (broad SMARTS) is 1. The second-order valence-corrected chi connectivity index (χ2v) is 3.92. The standard InChI is InChI=1S/C11H15N3O5/c1-6-8(11(18)13-7(2)12-6)3-4-9(15)14-19-5-10(16)17/h3-5H2,1-2H3,(H,14,15)(H,16,17)(H,12,13,18). The number of amides is 1. The van der Waals surface area contributed by atoms with Crippen molar-refractivity contribution >= 4 is 11.9 Å². The van der Waals surface area contributed by atoms with Gasteiger partial charge in [0.15, 0.2) is 6.61 Å². The first-order chi connectivity index (χ1) is 8.90. The SMILES string of the molecule is Cc1nc(C)c(CCC(=O)NOCC(=O)O)c(=O)[nH]1. The molecule has 0 fully saturated rings. The molecule has 0 bridgehead atoms. The van der Waals surface area contributed by atoms with E-state index in [1.54, 1.807) is 13.8 Å². The molecule has 1 heterocycles. The lowest BCUT2D eigenvalue weighted by molar-refractivity contribution is -0.149. The third-order valence-electron chi connectivity index (χ3n) is 2.32. The van der Waals surface area contributed by atoms with Crippen LogP contribution in [0, 0.1) is 13.8 Å². The molecule has 0 aliphatic heterocycles. The molecule has 1 aromatic rings. The van der Waals surface area contributed by atoms with Gasteiger partial charge in [0.1, 0.15) is 5.82 Å². The molecule has 0 unspecified atom stereocenters. The van der Waals surface area contributed by atoms with E-state index < -0.39 is 18.5 Å². The lowest BCUT2D eigenvalue weighted by atomic mass is 10.1. The Kier molecular flexibility index (Phi) is 5.19. The Labute approximate surface area is 108 Å². The molecule has 0 aromatic carbocycles. The van der Waals surface area contributed by atoms with Gasteiger partial charge in [0.05, 0.1) is 0 Å². The normalized spacial score (nSPS) is 10.2. The van der Waals surface area contributed by atoms with E-state index >= 15 is 0 Å². The van der Waals surface area contributed by atoms with Crippen LogP contribution in [0.2, 0.25) is 0 Å². The Bertz CT molecular complexity index is 538. The number of nitrogens with one attached hydrogen (secondary N) is 2. The highest BCUT2D eigenvalue weighted by molar-refractivity contribution is 5.75. The van der Waals surface area contributed by atoms with Gasteiger partial charge in [-0.3, -0.25) is 14.4 Å². The van der Waals surface area contributed by atoms with Crippen LogP contribution < -0.4 is 11.0 Å². The molecule has 0 aliphatic carbocycles. The van der Waals surface area contributed by atoms with Gasteiger partial charge in [0, 0.05) is 17.7 Å². The van der Waals surface area contributed by atoms with Gasteiger partial charge in [-0.15, -0.1) is 0 Å². The number of hydrogen-bond acceptors (Lipinski definition) is 5. The fraction of sp³-hybridized carbons (Fsp3) is 0.455. The van der Waals surface area contributed by atoms with E-state index in [0.717, 1.165) is 0 Å². The first-order valence-corrected chi connectivity index (χ1v) is 5.59. The van der Waals surface area contributed by atoms with Gasteiger partial charge in [-0.25, -0.2) is 15.3 Å². The summed E-state index contributed by atoms with van der Waals surface area (Å²) in [4.78, 5) is 44.2. The number of aliphatic carboxylic acids is 1. The van der Waals surface area contributed by atoms with Crippen LogP contribution in [0.1, 0.15) is 23.5 Å². The summed E-state index contributed by atoms with van der Waals surface area (Å²) < 4.78 is 0. The number of aromatic nitrogens is 2. The largest absolute Gasteiger partial charge is 0.479 e. The zero-order chi connectivity index (χ0) is 14.4. The number of aromatic amines is 1. The smallest absolute Gasteiger partial charge is 0.332 e. The van der Waals surface area contributed by atoms with E-state index in [4.69, 9.17) is 5.11 Å². The van der Waals surface area contributed by atoms with Crippen LogP contribution in [0.15, 0.2) is 4.79 Å². The Balaban J connectivity index is 2.51. The molecular formula is C11H15N3O5. The predicted octanol–water partition coefficient (Wildman–Crippen LogP) is -0.548. The van der Waals surface area contributed by atoms with Crippen molar-refractivity contribution in [2.75, 3.05) is 6.61 Å². The lowest BCUT2D eigenvalue weighted by Gasteiger charge is -2.06. The number of carboxylic acids is 1. The zero-order valence-corrected chi connectivity index (χ0v) is 10.6. The Morgan fingerprint density at radius 2 is 2.11 bits per heavy atom. The van der Waals surface area contributed by atoms with Crippen molar-refractivity contribution in [2.24, 2.45) is 0 Å². The molecule has 0 atom stereocenters. The quantitative estimate of drug-likeness (QED) is 0.596. The summed E-state index contributed by atoms with van der Waals surface area (Å²) in [5, 5.41) is 8.30. The van der Waals surface area contributed by atoms with Gasteiger partial charge in [-0.05, 0) is 20.3 Å². The molecular weight excluding hydrogens is 254 g/mol. The molecule has 19 heavy (non-hydrogen) atoms. The van der Waals surface area contributed by atoms with E-state index in [1.807, 2.05) is 5.48 Å². The van der Waals surface area contributed by atoms with Crippen molar-refractivity contribution in [3.8, 4) is 0 Å². The number of carbonyl (C=O) groups is 2. The van der Waals surface area contributed by atoms with Gasteiger partial charge >= 0.3 is 5.97 Å². The average Bonchev–Trinajstić information content (AvgIpc) is 2.26. The number of hydrogen-bond donors (Lipinski definition) is 3. The predicted molar refractivity (Wildman–Crippen MR) is 64.4 cm³/mol. The molecule has 1 amide bonds. The highest BCUT2D eigenvalue weighted by atomic mass is 16.7. The second-order valence-electron chi connectivity index (χ2n) is 3.92. The maximum atomic E-state index is 11.6. The van der Waals surface area contributed by atoms with Crippen LogP contribution in [0.5, 0.6) is 0 Å². The van der Waals surface area contributed by atoms with Crippen molar-refractivity contribution in [2.45, 2.75) is 26.7 Å². The fourth-order valence-electron chi connectivity index (χ4n) is 1.51. The van der Waals surface area contributed by atoms with Crippen molar-refractivity contribution < 1.29 is 19.5 Å². The van der Waals surface area contributed by atoms with Gasteiger partial charge in [-0.2, -0.15) is 0 Å². The molecule has 3 N–H and O–H groups in total. The number of H-pyrrole nitrogens is 1.